The minimum absolute atomic E-state index is 0.638. The van der Waals surface area contributed by atoms with Gasteiger partial charge in [0.1, 0.15) is 0 Å². The Morgan fingerprint density at radius 3 is 2.35 bits per heavy atom. The van der Waals surface area contributed by atoms with Gasteiger partial charge in [0.25, 0.3) is 0 Å². The van der Waals surface area contributed by atoms with E-state index in [-0.39, 0.29) is 0 Å². The Morgan fingerprint density at radius 1 is 1.15 bits per heavy atom. The van der Waals surface area contributed by atoms with E-state index >= 15 is 0 Å². The van der Waals surface area contributed by atoms with Crippen molar-refractivity contribution in [1.82, 2.24) is 9.71 Å². The van der Waals surface area contributed by atoms with Crippen LogP contribution < -0.4 is 4.72 Å². The molecule has 0 spiro atoms. The van der Waals surface area contributed by atoms with Gasteiger partial charge in [-0.25, -0.2) is 0 Å². The highest BCUT2D eigenvalue weighted by atomic mass is 32.2. The smallest absolute Gasteiger partial charge is 0.174 e. The van der Waals surface area contributed by atoms with Crippen molar-refractivity contribution in [3.8, 4) is 11.1 Å². The van der Waals surface area contributed by atoms with E-state index in [0.717, 1.165) is 16.7 Å². The molecule has 2 rings (SSSR count). The standard InChI is InChI=1S/C15H18N2O2S/c1-15(2,18)13-8-12(11-4-6-17-7-5-11)9-14(10-13)20(19)16-3/h4-10,16,18H,1-3H3. The summed E-state index contributed by atoms with van der Waals surface area (Å²) < 4.78 is 14.7. The third kappa shape index (κ3) is 3.37. The predicted molar refractivity (Wildman–Crippen MR) is 80.4 cm³/mol. The van der Waals surface area contributed by atoms with Crippen LogP contribution in [0.1, 0.15) is 19.4 Å². The molecule has 1 unspecified atom stereocenters. The molecule has 0 bridgehead atoms. The van der Waals surface area contributed by atoms with Crippen LogP contribution in [0, 0.1) is 0 Å². The molecular formula is C15H18N2O2S. The van der Waals surface area contributed by atoms with Gasteiger partial charge in [-0.1, -0.05) is 0 Å². The molecule has 0 aliphatic rings. The van der Waals surface area contributed by atoms with Crippen molar-refractivity contribution in [2.45, 2.75) is 24.3 Å². The molecule has 0 fully saturated rings. The van der Waals surface area contributed by atoms with Crippen LogP contribution in [0.25, 0.3) is 11.1 Å². The monoisotopic (exact) mass is 290 g/mol. The summed E-state index contributed by atoms with van der Waals surface area (Å²) in [6, 6.07) is 9.30. The molecule has 20 heavy (non-hydrogen) atoms. The maximum Gasteiger partial charge on any atom is 0.174 e. The number of pyridine rings is 1. The Balaban J connectivity index is 2.57. The van der Waals surface area contributed by atoms with E-state index in [2.05, 4.69) is 9.71 Å². The first-order valence-electron chi connectivity index (χ1n) is 6.29. The van der Waals surface area contributed by atoms with Crippen molar-refractivity contribution in [2.24, 2.45) is 0 Å². The number of aromatic nitrogens is 1. The number of benzene rings is 1. The van der Waals surface area contributed by atoms with Gasteiger partial charge in [-0.05, 0) is 48.7 Å². The molecule has 0 saturated carbocycles. The lowest BCUT2D eigenvalue weighted by Gasteiger charge is -2.20. The van der Waals surface area contributed by atoms with Gasteiger partial charge in [-0.3, -0.25) is 4.98 Å². The van der Waals surface area contributed by atoms with Crippen LogP contribution in [0.2, 0.25) is 0 Å². The maximum absolute atomic E-state index is 12.0. The summed E-state index contributed by atoms with van der Waals surface area (Å²) in [4.78, 5) is 4.63. The molecule has 1 aromatic carbocycles. The molecule has 1 atom stereocenters. The Hall–Kier alpha value is -1.40. The molecule has 106 valence electrons. The first kappa shape index (κ1) is 15.0. The van der Waals surface area contributed by atoms with Gasteiger partial charge in [-0.2, -0.15) is 0 Å². The summed E-state index contributed by atoms with van der Waals surface area (Å²) in [6.07, 6.45) is 3.42. The van der Waals surface area contributed by atoms with Crippen molar-refractivity contribution in [3.05, 3.63) is 48.3 Å². The van der Waals surface area contributed by atoms with Crippen molar-refractivity contribution in [3.63, 3.8) is 0 Å². The molecule has 0 aliphatic carbocycles. The van der Waals surface area contributed by atoms with E-state index in [1.807, 2.05) is 24.3 Å². The quantitative estimate of drug-likeness (QED) is 0.847. The molecule has 0 aliphatic heterocycles. The summed E-state index contributed by atoms with van der Waals surface area (Å²) in [7, 11) is 1.64. The fraction of sp³-hybridized carbons (Fsp3) is 0.267. The second kappa shape index (κ2) is 5.93. The number of hydrogen-bond donors (Lipinski definition) is 2. The van der Waals surface area contributed by atoms with Gasteiger partial charge >= 0.3 is 0 Å². The van der Waals surface area contributed by atoms with Crippen molar-refractivity contribution in [1.29, 1.82) is 0 Å². The lowest BCUT2D eigenvalue weighted by molar-refractivity contribution is 0.0784. The fourth-order valence-electron chi connectivity index (χ4n) is 1.89. The highest BCUT2D eigenvalue weighted by molar-refractivity contribution is 7.89. The third-order valence-corrected chi connectivity index (χ3v) is 4.06. The van der Waals surface area contributed by atoms with E-state index in [4.69, 9.17) is 0 Å². The first-order valence-corrected chi connectivity index (χ1v) is 7.44. The molecule has 2 aromatic rings. The number of aliphatic hydroxyl groups is 1. The Bertz CT molecular complexity index is 582. The lowest BCUT2D eigenvalue weighted by atomic mass is 9.94. The first-order chi connectivity index (χ1) is 9.41. The Kier molecular flexibility index (Phi) is 4.45. The molecule has 0 saturated heterocycles. The highest BCUT2D eigenvalue weighted by Crippen LogP contribution is 2.29. The Labute approximate surface area is 122 Å². The minimum Gasteiger partial charge on any atom is -0.593 e. The average molecular weight is 290 g/mol. The SMILES string of the molecule is CN[S+]([O-])c1cc(-c2ccncc2)cc(C(C)(C)O)c1. The van der Waals surface area contributed by atoms with Crippen LogP contribution in [0.15, 0.2) is 47.6 Å². The zero-order valence-corrected chi connectivity index (χ0v) is 12.6. The van der Waals surface area contributed by atoms with Gasteiger partial charge < -0.3 is 9.66 Å². The molecule has 4 nitrogen and oxygen atoms in total. The van der Waals surface area contributed by atoms with Gasteiger partial charge in [-0.15, -0.1) is 4.72 Å². The predicted octanol–water partition coefficient (Wildman–Crippen LogP) is 2.22. The van der Waals surface area contributed by atoms with Gasteiger partial charge in [0, 0.05) is 31.6 Å². The van der Waals surface area contributed by atoms with Gasteiger partial charge in [0.2, 0.25) is 0 Å². The number of nitrogens with zero attached hydrogens (tertiary/aromatic N) is 1. The van der Waals surface area contributed by atoms with Gasteiger partial charge in [0.15, 0.2) is 4.90 Å². The minimum atomic E-state index is -1.30. The van der Waals surface area contributed by atoms with Gasteiger partial charge in [0.05, 0.1) is 17.0 Å². The molecule has 1 heterocycles. The van der Waals surface area contributed by atoms with Crippen LogP contribution in [0.4, 0.5) is 0 Å². The molecule has 2 N–H and O–H groups in total. The van der Waals surface area contributed by atoms with Crippen LogP contribution >= 0.6 is 0 Å². The van der Waals surface area contributed by atoms with E-state index < -0.39 is 17.0 Å². The summed E-state index contributed by atoms with van der Waals surface area (Å²) in [5.41, 5.74) is 1.62. The zero-order valence-electron chi connectivity index (χ0n) is 11.8. The normalized spacial score (nSPS) is 13.2. The number of rotatable bonds is 4. The lowest BCUT2D eigenvalue weighted by Crippen LogP contribution is -2.21. The van der Waals surface area contributed by atoms with Crippen LogP contribution in [0.5, 0.6) is 0 Å². The van der Waals surface area contributed by atoms with Crippen LogP contribution in [-0.4, -0.2) is 21.7 Å². The van der Waals surface area contributed by atoms with E-state index in [0.29, 0.717) is 4.90 Å². The second-order valence-corrected chi connectivity index (χ2v) is 6.43. The number of nitrogens with one attached hydrogen (secondary N) is 1. The van der Waals surface area contributed by atoms with Crippen molar-refractivity contribution < 1.29 is 9.66 Å². The summed E-state index contributed by atoms with van der Waals surface area (Å²) in [5.74, 6) is 0. The van der Waals surface area contributed by atoms with Crippen molar-refractivity contribution >= 4 is 11.4 Å². The maximum atomic E-state index is 12.0. The Morgan fingerprint density at radius 2 is 1.80 bits per heavy atom. The topological polar surface area (TPSA) is 68.2 Å². The largest absolute Gasteiger partial charge is 0.593 e. The molecule has 5 heteroatoms. The van der Waals surface area contributed by atoms with E-state index in [1.54, 1.807) is 39.4 Å². The van der Waals surface area contributed by atoms with E-state index in [9.17, 15) is 9.66 Å². The summed E-state index contributed by atoms with van der Waals surface area (Å²) in [6.45, 7) is 3.43. The zero-order chi connectivity index (χ0) is 14.8. The molecular weight excluding hydrogens is 272 g/mol. The molecule has 0 amide bonds. The molecule has 0 radical (unpaired) electrons. The third-order valence-electron chi connectivity index (χ3n) is 3.03. The summed E-state index contributed by atoms with van der Waals surface area (Å²) >= 11 is -1.30. The summed E-state index contributed by atoms with van der Waals surface area (Å²) in [5, 5.41) is 10.2. The van der Waals surface area contributed by atoms with Crippen molar-refractivity contribution in [2.75, 3.05) is 7.05 Å². The average Bonchev–Trinajstić information content (AvgIpc) is 2.46. The fourth-order valence-corrected chi connectivity index (χ4v) is 2.59. The second-order valence-electron chi connectivity index (χ2n) is 5.01. The number of hydrogen-bond acceptors (Lipinski definition) is 4. The van der Waals surface area contributed by atoms with Crippen LogP contribution in [-0.2, 0) is 17.0 Å². The van der Waals surface area contributed by atoms with E-state index in [1.165, 1.54) is 0 Å². The molecule has 1 aromatic heterocycles. The highest BCUT2D eigenvalue weighted by Gasteiger charge is 2.21. The van der Waals surface area contributed by atoms with Crippen LogP contribution in [0.3, 0.4) is 0 Å².